The molecule has 1 saturated carbocycles. The predicted molar refractivity (Wildman–Crippen MR) is 75.0 cm³/mol. The van der Waals surface area contributed by atoms with Crippen LogP contribution in [-0.2, 0) is 16.6 Å². The minimum atomic E-state index is -0.246. The van der Waals surface area contributed by atoms with Crippen molar-refractivity contribution in [3.05, 3.63) is 36.3 Å². The highest BCUT2D eigenvalue weighted by atomic mass is 16.3. The number of hydrogen-bond donors (Lipinski definition) is 0. The zero-order valence-corrected chi connectivity index (χ0v) is 11.9. The van der Waals surface area contributed by atoms with E-state index in [1.165, 1.54) is 11.1 Å². The maximum atomic E-state index is 12.5. The average Bonchev–Trinajstić information content (AvgIpc) is 2.85. The van der Waals surface area contributed by atoms with Gasteiger partial charge in [0.25, 0.3) is 0 Å². The number of hydrogen-bond acceptors (Lipinski definition) is 2. The number of aryl methyl sites for hydroxylation is 1. The third kappa shape index (κ3) is 1.58. The van der Waals surface area contributed by atoms with E-state index in [1.54, 1.807) is 0 Å². The van der Waals surface area contributed by atoms with Crippen LogP contribution in [0.2, 0.25) is 0 Å². The Kier molecular flexibility index (Phi) is 2.74. The van der Waals surface area contributed by atoms with Gasteiger partial charge >= 0.3 is 0 Å². The van der Waals surface area contributed by atoms with Gasteiger partial charge in [0.1, 0.15) is 5.78 Å². The first-order valence-corrected chi connectivity index (χ1v) is 7.22. The van der Waals surface area contributed by atoms with Crippen molar-refractivity contribution in [2.45, 2.75) is 51.4 Å². The van der Waals surface area contributed by atoms with Crippen molar-refractivity contribution in [2.75, 3.05) is 0 Å². The van der Waals surface area contributed by atoms with Crippen molar-refractivity contribution in [3.63, 3.8) is 0 Å². The third-order valence-electron chi connectivity index (χ3n) is 5.67. The fraction of sp³-hybridized carbons (Fsp3) is 0.588. The fourth-order valence-electron chi connectivity index (χ4n) is 4.56. The molecular weight excluding hydrogens is 236 g/mol. The van der Waals surface area contributed by atoms with Crippen molar-refractivity contribution in [2.24, 2.45) is 11.3 Å². The summed E-state index contributed by atoms with van der Waals surface area (Å²) in [7, 11) is 0. The van der Waals surface area contributed by atoms with Crippen LogP contribution in [0.3, 0.4) is 0 Å². The van der Waals surface area contributed by atoms with E-state index in [2.05, 4.69) is 20.4 Å². The first-order valence-electron chi connectivity index (χ1n) is 7.22. The number of carbonyl (C=O) groups is 1. The highest BCUT2D eigenvalue weighted by Gasteiger charge is 2.55. The molecule has 0 spiro atoms. The molecule has 0 bridgehead atoms. The van der Waals surface area contributed by atoms with Crippen molar-refractivity contribution in [3.8, 4) is 0 Å². The highest BCUT2D eigenvalue weighted by Crippen LogP contribution is 2.57. The Morgan fingerprint density at radius 1 is 1.42 bits per heavy atom. The van der Waals surface area contributed by atoms with Crippen molar-refractivity contribution in [1.82, 2.24) is 0 Å². The number of allylic oxidation sites excluding steroid dienone is 1. The lowest BCUT2D eigenvalue weighted by Gasteiger charge is -2.53. The summed E-state index contributed by atoms with van der Waals surface area (Å²) < 4.78 is 5.43. The molecule has 0 aromatic carbocycles. The van der Waals surface area contributed by atoms with Crippen molar-refractivity contribution >= 4 is 5.78 Å². The average molecular weight is 258 g/mol. The van der Waals surface area contributed by atoms with Gasteiger partial charge in [-0.15, -0.1) is 6.58 Å². The number of fused-ring (bicyclic) bond motifs is 3. The molecule has 2 nitrogen and oxygen atoms in total. The quantitative estimate of drug-likeness (QED) is 0.749. The second-order valence-corrected chi connectivity index (χ2v) is 6.65. The van der Waals surface area contributed by atoms with E-state index in [4.69, 9.17) is 4.42 Å². The second-order valence-electron chi connectivity index (χ2n) is 6.65. The Bertz CT molecular complexity index is 527. The molecule has 2 aliphatic carbocycles. The van der Waals surface area contributed by atoms with Gasteiger partial charge in [-0.3, -0.25) is 4.79 Å². The molecule has 1 aromatic heterocycles. The van der Waals surface area contributed by atoms with Crippen molar-refractivity contribution in [1.29, 1.82) is 0 Å². The number of Topliss-reactive ketones (excluding diaryl/α,β-unsaturated/α-hetero) is 1. The zero-order valence-electron chi connectivity index (χ0n) is 11.9. The molecule has 1 aromatic rings. The molecule has 0 saturated heterocycles. The molecule has 0 radical (unpaired) electrons. The van der Waals surface area contributed by atoms with Crippen LogP contribution in [-0.4, -0.2) is 5.78 Å². The van der Waals surface area contributed by atoms with Gasteiger partial charge in [0.15, 0.2) is 0 Å². The summed E-state index contributed by atoms with van der Waals surface area (Å²) in [4.78, 5) is 12.5. The van der Waals surface area contributed by atoms with Crippen LogP contribution in [0.25, 0.3) is 0 Å². The van der Waals surface area contributed by atoms with Crippen LogP contribution in [0, 0.1) is 11.3 Å². The number of rotatable bonds is 2. The lowest BCUT2D eigenvalue weighted by molar-refractivity contribution is -0.138. The van der Waals surface area contributed by atoms with E-state index >= 15 is 0 Å². The summed E-state index contributed by atoms with van der Waals surface area (Å²) >= 11 is 0. The van der Waals surface area contributed by atoms with E-state index in [9.17, 15) is 4.79 Å². The van der Waals surface area contributed by atoms with E-state index in [0.29, 0.717) is 18.1 Å². The number of carbonyl (C=O) groups excluding carboxylic acids is 1. The SMILES string of the molecule is C=CC[C@@]1(C)C(=O)CC[C@@]2(C)c3cocc3CC[C@H]12. The lowest BCUT2D eigenvalue weighted by atomic mass is 9.49. The molecule has 1 fully saturated rings. The normalized spacial score (nSPS) is 37.6. The fourth-order valence-corrected chi connectivity index (χ4v) is 4.56. The van der Waals surface area contributed by atoms with E-state index in [0.717, 1.165) is 25.7 Å². The topological polar surface area (TPSA) is 30.2 Å². The lowest BCUT2D eigenvalue weighted by Crippen LogP contribution is -2.53. The Morgan fingerprint density at radius 2 is 2.21 bits per heavy atom. The van der Waals surface area contributed by atoms with E-state index < -0.39 is 0 Å². The first kappa shape index (κ1) is 12.7. The highest BCUT2D eigenvalue weighted by molar-refractivity contribution is 5.86. The summed E-state index contributed by atoms with van der Waals surface area (Å²) in [5, 5.41) is 0. The maximum Gasteiger partial charge on any atom is 0.139 e. The molecule has 3 rings (SSSR count). The summed E-state index contributed by atoms with van der Waals surface area (Å²) in [6.45, 7) is 8.32. The molecule has 0 N–H and O–H groups in total. The van der Waals surface area contributed by atoms with Crippen LogP contribution in [0.4, 0.5) is 0 Å². The van der Waals surface area contributed by atoms with Crippen LogP contribution in [0.1, 0.15) is 50.7 Å². The predicted octanol–water partition coefficient (Wildman–Crippen LogP) is 4.05. The van der Waals surface area contributed by atoms with Crippen LogP contribution in [0.5, 0.6) is 0 Å². The third-order valence-corrected chi connectivity index (χ3v) is 5.67. The maximum absolute atomic E-state index is 12.5. The monoisotopic (exact) mass is 258 g/mol. The summed E-state index contributed by atoms with van der Waals surface area (Å²) in [5.74, 6) is 0.825. The Balaban J connectivity index is 2.09. The Hall–Kier alpha value is -1.31. The second kappa shape index (κ2) is 4.09. The summed E-state index contributed by atoms with van der Waals surface area (Å²) in [6.07, 6.45) is 10.3. The minimum absolute atomic E-state index is 0.0895. The van der Waals surface area contributed by atoms with Gasteiger partial charge < -0.3 is 4.42 Å². The van der Waals surface area contributed by atoms with Gasteiger partial charge in [-0.05, 0) is 42.7 Å². The largest absolute Gasteiger partial charge is 0.472 e. The first-order chi connectivity index (χ1) is 9.02. The Labute approximate surface area is 114 Å². The molecule has 3 atom stereocenters. The molecule has 0 amide bonds. The Morgan fingerprint density at radius 3 is 2.95 bits per heavy atom. The van der Waals surface area contributed by atoms with Gasteiger partial charge in [0, 0.05) is 17.3 Å². The smallest absolute Gasteiger partial charge is 0.139 e. The number of ketones is 1. The van der Waals surface area contributed by atoms with Gasteiger partial charge in [0.05, 0.1) is 12.5 Å². The molecular formula is C17H22O2. The molecule has 2 heteroatoms. The summed E-state index contributed by atoms with van der Waals surface area (Å²) in [5.41, 5.74) is 2.52. The van der Waals surface area contributed by atoms with Crippen LogP contribution >= 0.6 is 0 Å². The molecule has 102 valence electrons. The van der Waals surface area contributed by atoms with Crippen LogP contribution < -0.4 is 0 Å². The van der Waals surface area contributed by atoms with E-state index in [-0.39, 0.29) is 10.8 Å². The molecule has 19 heavy (non-hydrogen) atoms. The van der Waals surface area contributed by atoms with Gasteiger partial charge in [0.2, 0.25) is 0 Å². The van der Waals surface area contributed by atoms with Crippen LogP contribution in [0.15, 0.2) is 29.6 Å². The number of furan rings is 1. The summed E-state index contributed by atoms with van der Waals surface area (Å²) in [6, 6.07) is 0. The standard InChI is InChI=1S/C17H22O2/c1-4-8-17(3)14-6-5-12-10-19-11-13(12)16(14,2)9-7-15(17)18/h4,10-11,14H,1,5-9H2,2-3H3/t14-,16-,17+/m0/s1. The van der Waals surface area contributed by atoms with Crippen molar-refractivity contribution < 1.29 is 9.21 Å². The van der Waals surface area contributed by atoms with Gasteiger partial charge in [-0.1, -0.05) is 19.9 Å². The molecule has 0 aliphatic heterocycles. The zero-order chi connectivity index (χ0) is 13.7. The molecule has 2 aliphatic rings. The van der Waals surface area contributed by atoms with Gasteiger partial charge in [-0.25, -0.2) is 0 Å². The van der Waals surface area contributed by atoms with E-state index in [1.807, 2.05) is 18.6 Å². The molecule has 0 unspecified atom stereocenters. The minimum Gasteiger partial charge on any atom is -0.472 e. The van der Waals surface area contributed by atoms with Gasteiger partial charge in [-0.2, -0.15) is 0 Å². The molecule has 1 heterocycles.